The van der Waals surface area contributed by atoms with Crippen molar-refractivity contribution >= 4 is 35.3 Å². The summed E-state index contributed by atoms with van der Waals surface area (Å²) in [5.41, 5.74) is 4.02. The highest BCUT2D eigenvalue weighted by molar-refractivity contribution is 8.04. The summed E-state index contributed by atoms with van der Waals surface area (Å²) in [6.45, 7) is 0.797. The Bertz CT molecular complexity index is 1590. The van der Waals surface area contributed by atoms with Crippen molar-refractivity contribution in [1.82, 2.24) is 5.32 Å². The largest absolute Gasteiger partial charge is 0.493 e. The first-order chi connectivity index (χ1) is 19.9. The minimum Gasteiger partial charge on any atom is -0.493 e. The van der Waals surface area contributed by atoms with Gasteiger partial charge in [0.2, 0.25) is 0 Å². The molecule has 6 nitrogen and oxygen atoms in total. The fraction of sp³-hybridized carbons (Fsp3) is 0.152. The summed E-state index contributed by atoms with van der Waals surface area (Å²) < 4.78 is 24.0. The molecule has 41 heavy (non-hydrogen) atoms. The van der Waals surface area contributed by atoms with Gasteiger partial charge in [-0.15, -0.1) is 0 Å². The number of anilines is 1. The highest BCUT2D eigenvalue weighted by Crippen LogP contribution is 2.42. The maximum Gasteiger partial charge on any atom is 0.265 e. The number of carbonyl (C=O) groups is 2. The zero-order valence-electron chi connectivity index (χ0n) is 22.7. The van der Waals surface area contributed by atoms with Gasteiger partial charge in [-0.05, 0) is 77.7 Å². The number of nitrogens with one attached hydrogen (secondary N) is 1. The highest BCUT2D eigenvalue weighted by atomic mass is 32.2. The number of fused-ring (bicyclic) bond motifs is 1. The second-order valence-electron chi connectivity index (χ2n) is 9.41. The fourth-order valence-electron chi connectivity index (χ4n) is 4.53. The maximum absolute atomic E-state index is 13.5. The summed E-state index contributed by atoms with van der Waals surface area (Å²) in [4.78, 5) is 29.5. The number of carbonyl (C=O) groups excluding carboxylic acids is 2. The third kappa shape index (κ3) is 6.61. The smallest absolute Gasteiger partial charge is 0.265 e. The van der Waals surface area contributed by atoms with Crippen molar-refractivity contribution in [3.8, 4) is 11.5 Å². The first-order valence-electron chi connectivity index (χ1n) is 13.1. The molecule has 1 N–H and O–H groups in total. The number of ether oxygens (including phenoxy) is 2. The molecule has 0 radical (unpaired) electrons. The molecular formula is C33H29FN2O4S. The third-order valence-electron chi connectivity index (χ3n) is 6.70. The van der Waals surface area contributed by atoms with Crippen LogP contribution >= 0.6 is 11.8 Å². The van der Waals surface area contributed by atoms with Gasteiger partial charge < -0.3 is 19.7 Å². The first kappa shape index (κ1) is 28.0. The predicted molar refractivity (Wildman–Crippen MR) is 160 cm³/mol. The number of rotatable bonds is 9. The average molecular weight is 569 g/mol. The number of amides is 2. The summed E-state index contributed by atoms with van der Waals surface area (Å²) in [5.74, 6) is 0.693. The number of halogens is 1. The minimum absolute atomic E-state index is 0.130. The van der Waals surface area contributed by atoms with Crippen LogP contribution in [0, 0.1) is 5.82 Å². The Kier molecular flexibility index (Phi) is 8.70. The molecule has 0 unspecified atom stereocenters. The monoisotopic (exact) mass is 568 g/mol. The number of methoxy groups -OCH3 is 2. The highest BCUT2D eigenvalue weighted by Gasteiger charge is 2.29. The maximum atomic E-state index is 13.5. The molecule has 0 bridgehead atoms. The molecule has 0 atom stereocenters. The molecule has 2 amide bonds. The summed E-state index contributed by atoms with van der Waals surface area (Å²) >= 11 is 1.41. The summed E-state index contributed by atoms with van der Waals surface area (Å²) in [5, 5.41) is 2.95. The fourth-order valence-corrected chi connectivity index (χ4v) is 5.59. The van der Waals surface area contributed by atoms with Gasteiger partial charge in [0.1, 0.15) is 5.82 Å². The van der Waals surface area contributed by atoms with Crippen LogP contribution in [0.4, 0.5) is 10.1 Å². The SMILES string of the molecule is COc1ccc(CCNC(=O)c2ccc(/C=C3\Sc4ccccc4N(Cc4ccc(F)cc4)C3=O)cc2)cc1OC. The number of benzene rings is 4. The molecule has 0 saturated carbocycles. The van der Waals surface area contributed by atoms with Crippen LogP contribution in [0.2, 0.25) is 0 Å². The van der Waals surface area contributed by atoms with Gasteiger partial charge in [0.25, 0.3) is 11.8 Å². The first-order valence-corrected chi connectivity index (χ1v) is 13.9. The van der Waals surface area contributed by atoms with Crippen LogP contribution in [-0.4, -0.2) is 32.6 Å². The molecule has 1 aliphatic heterocycles. The van der Waals surface area contributed by atoms with Crippen LogP contribution in [0.1, 0.15) is 27.0 Å². The Labute approximate surface area is 242 Å². The van der Waals surface area contributed by atoms with Crippen LogP contribution in [0.5, 0.6) is 11.5 Å². The van der Waals surface area contributed by atoms with Crippen molar-refractivity contribution in [2.45, 2.75) is 17.9 Å². The van der Waals surface area contributed by atoms with Gasteiger partial charge in [-0.1, -0.05) is 54.2 Å². The van der Waals surface area contributed by atoms with E-state index in [2.05, 4.69) is 5.32 Å². The summed E-state index contributed by atoms with van der Waals surface area (Å²) in [6, 6.07) is 26.8. The molecule has 0 aromatic heterocycles. The van der Waals surface area contributed by atoms with E-state index in [0.29, 0.717) is 41.5 Å². The molecule has 0 spiro atoms. The van der Waals surface area contributed by atoms with Gasteiger partial charge in [0.05, 0.1) is 31.4 Å². The molecule has 4 aromatic rings. The quantitative estimate of drug-likeness (QED) is 0.234. The van der Waals surface area contributed by atoms with Gasteiger partial charge in [-0.3, -0.25) is 9.59 Å². The lowest BCUT2D eigenvalue weighted by atomic mass is 10.1. The Morgan fingerprint density at radius 3 is 2.34 bits per heavy atom. The predicted octanol–water partition coefficient (Wildman–Crippen LogP) is 6.50. The van der Waals surface area contributed by atoms with Crippen molar-refractivity contribution in [3.05, 3.63) is 124 Å². The topological polar surface area (TPSA) is 67.9 Å². The molecule has 0 saturated heterocycles. The molecule has 0 fully saturated rings. The van der Waals surface area contributed by atoms with Crippen molar-refractivity contribution in [2.24, 2.45) is 0 Å². The Balaban J connectivity index is 1.25. The van der Waals surface area contributed by atoms with Crippen molar-refractivity contribution in [3.63, 3.8) is 0 Å². The number of hydrogen-bond donors (Lipinski definition) is 1. The zero-order chi connectivity index (χ0) is 28.8. The second kappa shape index (κ2) is 12.7. The van der Waals surface area contributed by atoms with Crippen molar-refractivity contribution in [1.29, 1.82) is 0 Å². The number of para-hydroxylation sites is 1. The van der Waals surface area contributed by atoms with Gasteiger partial charge in [-0.25, -0.2) is 4.39 Å². The van der Waals surface area contributed by atoms with E-state index >= 15 is 0 Å². The molecule has 1 aliphatic rings. The van der Waals surface area contributed by atoms with Crippen molar-refractivity contribution in [2.75, 3.05) is 25.7 Å². The van der Waals surface area contributed by atoms with E-state index in [1.165, 1.54) is 23.9 Å². The Morgan fingerprint density at radius 2 is 1.61 bits per heavy atom. The lowest BCUT2D eigenvalue weighted by Crippen LogP contribution is -2.33. The molecule has 0 aliphatic carbocycles. The van der Waals surface area contributed by atoms with Gasteiger partial charge in [-0.2, -0.15) is 0 Å². The lowest BCUT2D eigenvalue weighted by molar-refractivity contribution is -0.114. The van der Waals surface area contributed by atoms with Crippen LogP contribution in [0.3, 0.4) is 0 Å². The van der Waals surface area contributed by atoms with E-state index < -0.39 is 0 Å². The molecule has 208 valence electrons. The second-order valence-corrected chi connectivity index (χ2v) is 10.5. The van der Waals surface area contributed by atoms with E-state index in [1.807, 2.05) is 60.7 Å². The van der Waals surface area contributed by atoms with E-state index in [1.54, 1.807) is 43.4 Å². The minimum atomic E-state index is -0.315. The molecule has 1 heterocycles. The standard InChI is InChI=1S/C33H29FN2O4S/c1-39-28-16-11-23(19-29(28)40-2)17-18-35-32(37)25-12-7-22(8-13-25)20-31-33(38)36(21-24-9-14-26(34)15-10-24)27-5-3-4-6-30(27)41-31/h3-16,19-20H,17-18,21H2,1-2H3,(H,35,37)/b31-20-. The van der Waals surface area contributed by atoms with Crippen LogP contribution in [0.15, 0.2) is 101 Å². The Hall–Kier alpha value is -4.56. The van der Waals surface area contributed by atoms with Gasteiger partial charge in [0.15, 0.2) is 11.5 Å². The van der Waals surface area contributed by atoms with Crippen LogP contribution in [-0.2, 0) is 17.8 Å². The Morgan fingerprint density at radius 1 is 0.902 bits per heavy atom. The number of thioether (sulfide) groups is 1. The number of nitrogens with zero attached hydrogens (tertiary/aromatic N) is 1. The molecular weight excluding hydrogens is 539 g/mol. The number of hydrogen-bond acceptors (Lipinski definition) is 5. The van der Waals surface area contributed by atoms with E-state index in [-0.39, 0.29) is 17.6 Å². The van der Waals surface area contributed by atoms with Crippen molar-refractivity contribution < 1.29 is 23.5 Å². The molecule has 4 aromatic carbocycles. The lowest BCUT2D eigenvalue weighted by Gasteiger charge is -2.30. The summed E-state index contributed by atoms with van der Waals surface area (Å²) in [6.07, 6.45) is 2.48. The summed E-state index contributed by atoms with van der Waals surface area (Å²) in [7, 11) is 3.18. The molecule has 8 heteroatoms. The normalized spacial score (nSPS) is 13.6. The van der Waals surface area contributed by atoms with Gasteiger partial charge in [0, 0.05) is 17.0 Å². The van der Waals surface area contributed by atoms with Gasteiger partial charge >= 0.3 is 0 Å². The van der Waals surface area contributed by atoms with Crippen LogP contribution < -0.4 is 19.7 Å². The van der Waals surface area contributed by atoms with Crippen LogP contribution in [0.25, 0.3) is 6.08 Å². The molecule has 5 rings (SSSR count). The van der Waals surface area contributed by atoms with E-state index in [9.17, 15) is 14.0 Å². The average Bonchev–Trinajstić information content (AvgIpc) is 3.00. The van der Waals surface area contributed by atoms with E-state index in [4.69, 9.17) is 9.47 Å². The van der Waals surface area contributed by atoms with E-state index in [0.717, 1.165) is 27.3 Å². The third-order valence-corrected chi connectivity index (χ3v) is 7.78. The zero-order valence-corrected chi connectivity index (χ0v) is 23.5.